The summed E-state index contributed by atoms with van der Waals surface area (Å²) in [5.74, 6) is -0.717. The molecular formula is C11H12F2N2. The van der Waals surface area contributed by atoms with Crippen LogP contribution in [0.1, 0.15) is 18.4 Å². The van der Waals surface area contributed by atoms with Gasteiger partial charge in [0.05, 0.1) is 6.54 Å². The second kappa shape index (κ2) is 3.96. The summed E-state index contributed by atoms with van der Waals surface area (Å²) in [5.41, 5.74) is 0.0886. The Labute approximate surface area is 87.0 Å². The van der Waals surface area contributed by atoms with Crippen LogP contribution in [0, 0.1) is 11.6 Å². The summed E-state index contributed by atoms with van der Waals surface area (Å²) in [6.45, 7) is 3.17. The smallest absolute Gasteiger partial charge is 0.130 e. The van der Waals surface area contributed by atoms with Crippen LogP contribution in [0.25, 0.3) is 0 Å². The summed E-state index contributed by atoms with van der Waals surface area (Å²) in [5, 5.41) is 3.03. The van der Waals surface area contributed by atoms with Crippen LogP contribution in [0.15, 0.2) is 23.2 Å². The van der Waals surface area contributed by atoms with E-state index in [0.29, 0.717) is 12.4 Å². The Morgan fingerprint density at radius 1 is 1.33 bits per heavy atom. The first-order valence-corrected chi connectivity index (χ1v) is 4.92. The van der Waals surface area contributed by atoms with Gasteiger partial charge in [0.15, 0.2) is 0 Å². The number of nitrogens with zero attached hydrogens (tertiary/aromatic N) is 1. The maximum atomic E-state index is 13.4. The van der Waals surface area contributed by atoms with Gasteiger partial charge in [-0.3, -0.25) is 4.99 Å². The van der Waals surface area contributed by atoms with Crippen molar-refractivity contribution >= 4 is 5.84 Å². The van der Waals surface area contributed by atoms with Gasteiger partial charge in [-0.2, -0.15) is 0 Å². The first kappa shape index (κ1) is 10.1. The monoisotopic (exact) mass is 210 g/mol. The second-order valence-corrected chi connectivity index (χ2v) is 3.55. The molecule has 2 nitrogen and oxygen atoms in total. The van der Waals surface area contributed by atoms with E-state index in [1.165, 1.54) is 18.2 Å². The van der Waals surface area contributed by atoms with E-state index < -0.39 is 11.6 Å². The van der Waals surface area contributed by atoms with E-state index in [4.69, 9.17) is 0 Å². The highest BCUT2D eigenvalue weighted by atomic mass is 19.1. The molecular weight excluding hydrogens is 198 g/mol. The lowest BCUT2D eigenvalue weighted by Crippen LogP contribution is -2.25. The van der Waals surface area contributed by atoms with Crippen LogP contribution in [0.2, 0.25) is 0 Å². The van der Waals surface area contributed by atoms with Gasteiger partial charge in [-0.05, 0) is 12.1 Å². The van der Waals surface area contributed by atoms with E-state index in [-0.39, 0.29) is 11.5 Å². The van der Waals surface area contributed by atoms with Crippen molar-refractivity contribution in [2.75, 3.05) is 13.1 Å². The number of rotatable bonds is 2. The van der Waals surface area contributed by atoms with Crippen molar-refractivity contribution in [3.05, 3.63) is 35.4 Å². The van der Waals surface area contributed by atoms with Gasteiger partial charge in [-0.25, -0.2) is 8.78 Å². The van der Waals surface area contributed by atoms with E-state index in [0.717, 1.165) is 6.54 Å². The minimum Gasteiger partial charge on any atom is -0.371 e. The predicted molar refractivity (Wildman–Crippen MR) is 55.1 cm³/mol. The van der Waals surface area contributed by atoms with E-state index in [2.05, 4.69) is 10.3 Å². The zero-order valence-corrected chi connectivity index (χ0v) is 8.43. The number of nitrogens with one attached hydrogen (secondary N) is 1. The van der Waals surface area contributed by atoms with Crippen LogP contribution in [0.3, 0.4) is 0 Å². The molecule has 0 aromatic heterocycles. The van der Waals surface area contributed by atoms with Crippen molar-refractivity contribution in [3.63, 3.8) is 0 Å². The Hall–Kier alpha value is -1.45. The lowest BCUT2D eigenvalue weighted by molar-refractivity contribution is 0.552. The summed E-state index contributed by atoms with van der Waals surface area (Å²) in [7, 11) is 0. The third-order valence-electron chi connectivity index (χ3n) is 2.54. The van der Waals surface area contributed by atoms with E-state index in [1.807, 2.05) is 0 Å². The van der Waals surface area contributed by atoms with Crippen LogP contribution >= 0.6 is 0 Å². The van der Waals surface area contributed by atoms with Gasteiger partial charge in [0.1, 0.15) is 17.5 Å². The van der Waals surface area contributed by atoms with Crippen molar-refractivity contribution < 1.29 is 8.78 Å². The lowest BCUT2D eigenvalue weighted by atomic mass is 9.99. The quantitative estimate of drug-likeness (QED) is 0.794. The van der Waals surface area contributed by atoms with E-state index in [9.17, 15) is 8.78 Å². The average molecular weight is 210 g/mol. The molecule has 15 heavy (non-hydrogen) atoms. The number of benzene rings is 1. The van der Waals surface area contributed by atoms with Crippen molar-refractivity contribution in [3.8, 4) is 0 Å². The van der Waals surface area contributed by atoms with Gasteiger partial charge in [0.25, 0.3) is 0 Å². The molecule has 0 saturated heterocycles. The Balaban J connectivity index is 2.36. The fraction of sp³-hybridized carbons (Fsp3) is 0.364. The number of hydrogen-bond donors (Lipinski definition) is 1. The molecule has 1 aromatic carbocycles. The molecule has 0 aliphatic carbocycles. The Morgan fingerprint density at radius 2 is 2.00 bits per heavy atom. The summed E-state index contributed by atoms with van der Waals surface area (Å²) in [6.07, 6.45) is 0. The maximum Gasteiger partial charge on any atom is 0.130 e. The Bertz CT molecular complexity index is 381. The number of aliphatic imine (C=N–C) groups is 1. The highest BCUT2D eigenvalue weighted by Crippen LogP contribution is 2.23. The summed E-state index contributed by atoms with van der Waals surface area (Å²) in [4.78, 5) is 4.17. The molecule has 1 atom stereocenters. The molecule has 0 saturated carbocycles. The van der Waals surface area contributed by atoms with Crippen LogP contribution in [-0.4, -0.2) is 18.9 Å². The summed E-state index contributed by atoms with van der Waals surface area (Å²) in [6, 6.07) is 3.90. The number of amidine groups is 1. The summed E-state index contributed by atoms with van der Waals surface area (Å²) < 4.78 is 26.9. The fourth-order valence-electron chi connectivity index (χ4n) is 1.77. The van der Waals surface area contributed by atoms with Gasteiger partial charge >= 0.3 is 0 Å². The van der Waals surface area contributed by atoms with Crippen molar-refractivity contribution in [1.29, 1.82) is 0 Å². The molecule has 1 aliphatic rings. The maximum absolute atomic E-state index is 13.4. The standard InChI is InChI=1S/C11H12F2N2/c1-7(11-14-5-6-15-11)10-8(12)3-2-4-9(10)13/h2-4,7H,5-6H2,1H3,(H,14,15). The SMILES string of the molecule is CC(C1=NCCN1)c1c(F)cccc1F. The largest absolute Gasteiger partial charge is 0.371 e. The predicted octanol–water partition coefficient (Wildman–Crippen LogP) is 2.07. The Morgan fingerprint density at radius 3 is 2.53 bits per heavy atom. The fourth-order valence-corrected chi connectivity index (χ4v) is 1.77. The average Bonchev–Trinajstić information content (AvgIpc) is 2.69. The van der Waals surface area contributed by atoms with Crippen LogP contribution in [0.5, 0.6) is 0 Å². The molecule has 1 unspecified atom stereocenters. The number of hydrogen-bond acceptors (Lipinski definition) is 2. The highest BCUT2D eigenvalue weighted by molar-refractivity contribution is 5.89. The molecule has 1 heterocycles. The van der Waals surface area contributed by atoms with Gasteiger partial charge in [-0.1, -0.05) is 13.0 Å². The van der Waals surface area contributed by atoms with Crippen LogP contribution in [-0.2, 0) is 0 Å². The first-order valence-electron chi connectivity index (χ1n) is 4.92. The first-order chi connectivity index (χ1) is 7.20. The molecule has 0 bridgehead atoms. The minimum atomic E-state index is -0.515. The van der Waals surface area contributed by atoms with Gasteiger partial charge in [0, 0.05) is 18.0 Å². The molecule has 0 radical (unpaired) electrons. The molecule has 0 fully saturated rings. The van der Waals surface area contributed by atoms with Gasteiger partial charge in [0.2, 0.25) is 0 Å². The minimum absolute atomic E-state index is 0.0886. The molecule has 0 spiro atoms. The third kappa shape index (κ3) is 1.84. The number of halogens is 2. The van der Waals surface area contributed by atoms with Crippen molar-refractivity contribution in [2.24, 2.45) is 4.99 Å². The van der Waals surface area contributed by atoms with Crippen LogP contribution < -0.4 is 5.32 Å². The zero-order valence-electron chi connectivity index (χ0n) is 8.43. The molecule has 1 aliphatic heterocycles. The second-order valence-electron chi connectivity index (χ2n) is 3.55. The zero-order chi connectivity index (χ0) is 10.8. The van der Waals surface area contributed by atoms with Crippen molar-refractivity contribution in [2.45, 2.75) is 12.8 Å². The van der Waals surface area contributed by atoms with Crippen molar-refractivity contribution in [1.82, 2.24) is 5.32 Å². The molecule has 0 amide bonds. The molecule has 1 aromatic rings. The third-order valence-corrected chi connectivity index (χ3v) is 2.54. The van der Waals surface area contributed by atoms with E-state index >= 15 is 0 Å². The molecule has 2 rings (SSSR count). The summed E-state index contributed by atoms with van der Waals surface area (Å²) >= 11 is 0. The molecule has 1 N–H and O–H groups in total. The highest BCUT2D eigenvalue weighted by Gasteiger charge is 2.22. The molecule has 80 valence electrons. The Kier molecular flexibility index (Phi) is 2.66. The molecule has 4 heteroatoms. The van der Waals surface area contributed by atoms with Gasteiger partial charge < -0.3 is 5.32 Å². The van der Waals surface area contributed by atoms with Crippen LogP contribution in [0.4, 0.5) is 8.78 Å². The normalized spacial score (nSPS) is 17.1. The topological polar surface area (TPSA) is 24.4 Å². The van der Waals surface area contributed by atoms with Gasteiger partial charge in [-0.15, -0.1) is 0 Å². The van der Waals surface area contributed by atoms with E-state index in [1.54, 1.807) is 6.92 Å². The lowest BCUT2D eigenvalue weighted by Gasteiger charge is -2.14.